The minimum absolute atomic E-state index is 0.00556. The molecule has 0 radical (unpaired) electrons. The number of halogens is 1. The van der Waals surface area contributed by atoms with Crippen molar-refractivity contribution in [2.75, 3.05) is 38.2 Å². The molecule has 3 aromatic carbocycles. The first-order valence-electron chi connectivity index (χ1n) is 14.4. The van der Waals surface area contributed by atoms with E-state index in [0.29, 0.717) is 35.2 Å². The zero-order chi connectivity index (χ0) is 32.3. The monoisotopic (exact) mass is 645 g/mol. The van der Waals surface area contributed by atoms with Gasteiger partial charge in [0.2, 0.25) is 11.8 Å². The maximum atomic E-state index is 14.2. The van der Waals surface area contributed by atoms with Crippen molar-refractivity contribution in [1.29, 1.82) is 0 Å². The van der Waals surface area contributed by atoms with E-state index >= 15 is 0 Å². The Hall–Kier alpha value is -3.96. The number of rotatable bonds is 16. The lowest BCUT2D eigenvalue weighted by atomic mass is 10.1. The number of hydrogen-bond donors (Lipinski definition) is 1. The first-order valence-corrected chi connectivity index (χ1v) is 16.2. The molecule has 0 fully saturated rings. The van der Waals surface area contributed by atoms with Crippen molar-refractivity contribution in [2.45, 2.75) is 51.1 Å². The molecule has 0 aliphatic heterocycles. The number of sulfonamides is 1. The molecule has 1 unspecified atom stereocenters. The van der Waals surface area contributed by atoms with E-state index in [1.165, 1.54) is 37.3 Å². The van der Waals surface area contributed by atoms with E-state index in [2.05, 4.69) is 5.32 Å². The van der Waals surface area contributed by atoms with E-state index in [-0.39, 0.29) is 28.8 Å². The topological polar surface area (TPSA) is 114 Å². The number of ether oxygens (including phenoxy) is 3. The summed E-state index contributed by atoms with van der Waals surface area (Å²) in [5.41, 5.74) is 0.848. The van der Waals surface area contributed by atoms with Crippen LogP contribution < -0.4 is 23.8 Å². The van der Waals surface area contributed by atoms with Crippen LogP contribution in [0.25, 0.3) is 0 Å². The van der Waals surface area contributed by atoms with Crippen molar-refractivity contribution in [3.8, 4) is 17.2 Å². The molecule has 3 aromatic rings. The highest BCUT2D eigenvalue weighted by Gasteiger charge is 2.33. The Morgan fingerprint density at radius 3 is 2.25 bits per heavy atom. The van der Waals surface area contributed by atoms with Gasteiger partial charge in [0, 0.05) is 24.2 Å². The second kappa shape index (κ2) is 16.2. The summed E-state index contributed by atoms with van der Waals surface area (Å²) in [5.74, 6) is 0.159. The highest BCUT2D eigenvalue weighted by molar-refractivity contribution is 7.92. The minimum Gasteiger partial charge on any atom is -0.494 e. The van der Waals surface area contributed by atoms with Gasteiger partial charge in [-0.05, 0) is 68.3 Å². The quantitative estimate of drug-likeness (QED) is 0.211. The second-order valence-electron chi connectivity index (χ2n) is 9.89. The normalized spacial score (nSPS) is 11.8. The predicted octanol–water partition coefficient (Wildman–Crippen LogP) is 5.28. The van der Waals surface area contributed by atoms with Gasteiger partial charge in [-0.25, -0.2) is 8.42 Å². The number of hydrogen-bond acceptors (Lipinski definition) is 7. The molecule has 0 heterocycles. The molecule has 238 valence electrons. The molecular formula is C32H40ClN3O7S. The van der Waals surface area contributed by atoms with Crippen LogP contribution in [0.15, 0.2) is 71.6 Å². The summed E-state index contributed by atoms with van der Waals surface area (Å²) in [7, 11) is -1.47. The minimum atomic E-state index is -4.33. The average Bonchev–Trinajstić information content (AvgIpc) is 3.03. The summed E-state index contributed by atoms with van der Waals surface area (Å²) >= 11 is 6.43. The first-order chi connectivity index (χ1) is 21.1. The van der Waals surface area contributed by atoms with E-state index in [0.717, 1.165) is 17.1 Å². The van der Waals surface area contributed by atoms with Gasteiger partial charge in [-0.3, -0.25) is 13.9 Å². The Morgan fingerprint density at radius 2 is 1.64 bits per heavy atom. The van der Waals surface area contributed by atoms with E-state index in [1.807, 2.05) is 13.8 Å². The zero-order valence-corrected chi connectivity index (χ0v) is 27.3. The summed E-state index contributed by atoms with van der Waals surface area (Å²) in [6, 6.07) is 16.7. The molecule has 2 amide bonds. The molecule has 0 saturated heterocycles. The molecule has 12 heteroatoms. The van der Waals surface area contributed by atoms with Gasteiger partial charge < -0.3 is 24.4 Å². The molecule has 0 saturated carbocycles. The number of nitrogens with zero attached hydrogens (tertiary/aromatic N) is 2. The van der Waals surface area contributed by atoms with Gasteiger partial charge in [0.25, 0.3) is 10.0 Å². The molecule has 0 aliphatic rings. The fraction of sp³-hybridized carbons (Fsp3) is 0.375. The van der Waals surface area contributed by atoms with Crippen LogP contribution in [0, 0.1) is 0 Å². The Labute approximate surface area is 264 Å². The molecule has 0 bridgehead atoms. The molecule has 0 aromatic heterocycles. The molecule has 3 rings (SSSR count). The largest absolute Gasteiger partial charge is 0.494 e. The summed E-state index contributed by atoms with van der Waals surface area (Å²) in [6.45, 7) is 5.75. The molecule has 1 N–H and O–H groups in total. The smallest absolute Gasteiger partial charge is 0.264 e. The standard InChI is InChI=1S/C32H40ClN3O7S/c1-6-8-19-34-32(38)23(3)35(21-24-11-9-10-12-28(24)33)31(37)22-36(25-13-15-26(16-14-25)43-7-2)44(39,40)27-17-18-29(41-4)30(20-27)42-5/h9-18,20,23H,6-8,19,21-22H2,1-5H3,(H,34,38). The highest BCUT2D eigenvalue weighted by Crippen LogP contribution is 2.33. The van der Waals surface area contributed by atoms with E-state index < -0.39 is 28.5 Å². The summed E-state index contributed by atoms with van der Waals surface area (Å²) in [6.07, 6.45) is 1.67. The first kappa shape index (κ1) is 34.5. The number of carbonyl (C=O) groups excluding carboxylic acids is 2. The molecule has 10 nitrogen and oxygen atoms in total. The van der Waals surface area contributed by atoms with Gasteiger partial charge in [-0.2, -0.15) is 0 Å². The average molecular weight is 646 g/mol. The third-order valence-corrected chi connectivity index (χ3v) is 9.09. The summed E-state index contributed by atoms with van der Waals surface area (Å²) in [5, 5.41) is 3.29. The SMILES string of the molecule is CCCCNC(=O)C(C)N(Cc1ccccc1Cl)C(=O)CN(c1ccc(OCC)cc1)S(=O)(=O)c1ccc(OC)c(OC)c1. The Balaban J connectivity index is 2.07. The van der Waals surface area contributed by atoms with Crippen LogP contribution in [-0.2, 0) is 26.2 Å². The summed E-state index contributed by atoms with van der Waals surface area (Å²) in [4.78, 5) is 28.5. The van der Waals surface area contributed by atoms with Crippen molar-refractivity contribution in [3.05, 3.63) is 77.3 Å². The number of amides is 2. The predicted molar refractivity (Wildman–Crippen MR) is 171 cm³/mol. The lowest BCUT2D eigenvalue weighted by molar-refractivity contribution is -0.139. The van der Waals surface area contributed by atoms with Gasteiger partial charge in [-0.15, -0.1) is 0 Å². The van der Waals surface area contributed by atoms with Gasteiger partial charge >= 0.3 is 0 Å². The molecule has 1 atom stereocenters. The lowest BCUT2D eigenvalue weighted by Gasteiger charge is -2.32. The number of unbranched alkanes of at least 4 members (excludes halogenated alkanes) is 1. The van der Waals surface area contributed by atoms with E-state index in [4.69, 9.17) is 25.8 Å². The van der Waals surface area contributed by atoms with Crippen LogP contribution in [-0.4, -0.2) is 65.1 Å². The van der Waals surface area contributed by atoms with Crippen molar-refractivity contribution in [3.63, 3.8) is 0 Å². The van der Waals surface area contributed by atoms with Gasteiger partial charge in [0.1, 0.15) is 18.3 Å². The fourth-order valence-corrected chi connectivity index (χ4v) is 6.06. The second-order valence-corrected chi connectivity index (χ2v) is 12.2. The van der Waals surface area contributed by atoms with Crippen molar-refractivity contribution >= 4 is 39.1 Å². The summed E-state index contributed by atoms with van der Waals surface area (Å²) < 4.78 is 45.5. The van der Waals surface area contributed by atoms with Crippen LogP contribution in [0.5, 0.6) is 17.2 Å². The van der Waals surface area contributed by atoms with Crippen LogP contribution in [0.3, 0.4) is 0 Å². The third-order valence-electron chi connectivity index (χ3n) is 6.95. The van der Waals surface area contributed by atoms with Crippen molar-refractivity contribution in [2.24, 2.45) is 0 Å². The maximum Gasteiger partial charge on any atom is 0.264 e. The van der Waals surface area contributed by atoms with Crippen molar-refractivity contribution in [1.82, 2.24) is 10.2 Å². The number of benzene rings is 3. The number of carbonyl (C=O) groups is 2. The Kier molecular flexibility index (Phi) is 12.7. The molecule has 0 spiro atoms. The van der Waals surface area contributed by atoms with Crippen molar-refractivity contribution < 1.29 is 32.2 Å². The molecular weight excluding hydrogens is 606 g/mol. The highest BCUT2D eigenvalue weighted by atomic mass is 35.5. The van der Waals surface area contributed by atoms with Gasteiger partial charge in [0.15, 0.2) is 11.5 Å². The van der Waals surface area contributed by atoms with Crippen LogP contribution >= 0.6 is 11.6 Å². The fourth-order valence-electron chi connectivity index (χ4n) is 4.44. The lowest BCUT2D eigenvalue weighted by Crippen LogP contribution is -2.51. The van der Waals surface area contributed by atoms with Gasteiger partial charge in [0.05, 0.1) is 31.4 Å². The van der Waals surface area contributed by atoms with Gasteiger partial charge in [-0.1, -0.05) is 43.1 Å². The number of anilines is 1. The van der Waals surface area contributed by atoms with Crippen LogP contribution in [0.4, 0.5) is 5.69 Å². The third kappa shape index (κ3) is 8.57. The number of nitrogens with one attached hydrogen (secondary N) is 1. The zero-order valence-electron chi connectivity index (χ0n) is 25.7. The molecule has 44 heavy (non-hydrogen) atoms. The van der Waals surface area contributed by atoms with Crippen LogP contribution in [0.2, 0.25) is 5.02 Å². The maximum absolute atomic E-state index is 14.2. The van der Waals surface area contributed by atoms with E-state index in [1.54, 1.807) is 55.5 Å². The van der Waals surface area contributed by atoms with E-state index in [9.17, 15) is 18.0 Å². The Morgan fingerprint density at radius 1 is 0.955 bits per heavy atom. The molecule has 0 aliphatic carbocycles. The van der Waals surface area contributed by atoms with Crippen LogP contribution in [0.1, 0.15) is 39.2 Å². The number of methoxy groups -OCH3 is 2. The Bertz CT molecular complexity index is 1520.